The maximum atomic E-state index is 11.9. The van der Waals surface area contributed by atoms with E-state index >= 15 is 0 Å². The summed E-state index contributed by atoms with van der Waals surface area (Å²) in [6.45, 7) is 0. The number of aliphatic hydroxyl groups is 1. The number of hydrogen-bond acceptors (Lipinski definition) is 8. The quantitative estimate of drug-likeness (QED) is 0.344. The van der Waals surface area contributed by atoms with Crippen LogP contribution in [0.1, 0.15) is 11.7 Å². The molecule has 0 radical (unpaired) electrons. The summed E-state index contributed by atoms with van der Waals surface area (Å²) in [5, 5.41) is 10.2. The summed E-state index contributed by atoms with van der Waals surface area (Å²) in [5.74, 6) is -0.0971. The highest BCUT2D eigenvalue weighted by Crippen LogP contribution is 2.41. The van der Waals surface area contributed by atoms with Crippen molar-refractivity contribution in [3.8, 4) is 0 Å². The molecular formula is C12H17N4O8P. The van der Waals surface area contributed by atoms with E-state index in [0.717, 1.165) is 0 Å². The lowest BCUT2D eigenvalue weighted by Gasteiger charge is -2.17. The van der Waals surface area contributed by atoms with Crippen molar-refractivity contribution in [1.82, 2.24) is 15.0 Å². The zero-order valence-corrected chi connectivity index (χ0v) is 13.8. The number of fused-ring (bicyclic) bond motifs is 1. The molecule has 0 aliphatic carbocycles. The number of nitrogens with two attached hydrogens (primary N) is 1. The molecule has 1 aliphatic rings. The van der Waals surface area contributed by atoms with E-state index in [2.05, 4.69) is 15.0 Å². The third-order valence-electron chi connectivity index (χ3n) is 3.76. The maximum absolute atomic E-state index is 11.9. The first kappa shape index (κ1) is 18.0. The van der Waals surface area contributed by atoms with Crippen molar-refractivity contribution in [2.24, 2.45) is 0 Å². The molecule has 25 heavy (non-hydrogen) atoms. The third kappa shape index (κ3) is 3.46. The molecule has 1 saturated heterocycles. The monoisotopic (exact) mass is 376 g/mol. The van der Waals surface area contributed by atoms with E-state index in [1.165, 1.54) is 13.3 Å². The molecule has 138 valence electrons. The van der Waals surface area contributed by atoms with Crippen molar-refractivity contribution in [2.75, 3.05) is 19.2 Å². The smallest absolute Gasteiger partial charge is 0.351 e. The highest BCUT2D eigenvalue weighted by atomic mass is 31.2. The molecule has 2 aromatic heterocycles. The largest absolute Gasteiger partial charge is 0.385 e. The number of aromatic amines is 2. The number of methoxy groups -OCH3 is 1. The van der Waals surface area contributed by atoms with Gasteiger partial charge < -0.3 is 39.8 Å². The fourth-order valence-corrected chi connectivity index (χ4v) is 3.07. The van der Waals surface area contributed by atoms with E-state index in [-0.39, 0.29) is 17.0 Å². The van der Waals surface area contributed by atoms with Gasteiger partial charge in [0, 0.05) is 18.9 Å². The van der Waals surface area contributed by atoms with Crippen LogP contribution in [0.25, 0.3) is 11.0 Å². The number of anilines is 1. The molecule has 1 aliphatic heterocycles. The lowest BCUT2D eigenvalue weighted by atomic mass is 10.0. The molecule has 0 spiro atoms. The van der Waals surface area contributed by atoms with Crippen molar-refractivity contribution in [3.63, 3.8) is 0 Å². The van der Waals surface area contributed by atoms with Crippen LogP contribution < -0.4 is 11.3 Å². The van der Waals surface area contributed by atoms with Crippen molar-refractivity contribution in [3.05, 3.63) is 22.1 Å². The predicted molar refractivity (Wildman–Crippen MR) is 83.5 cm³/mol. The maximum Gasteiger partial charge on any atom is 0.351 e. The summed E-state index contributed by atoms with van der Waals surface area (Å²) < 4.78 is 26.7. The number of nitrogen functional groups attached to an aromatic ring is 1. The van der Waals surface area contributed by atoms with Crippen LogP contribution in [-0.4, -0.2) is 61.8 Å². The van der Waals surface area contributed by atoms with Crippen molar-refractivity contribution < 1.29 is 33.7 Å². The lowest BCUT2D eigenvalue weighted by molar-refractivity contribution is -0.157. The average molecular weight is 376 g/mol. The highest BCUT2D eigenvalue weighted by Gasteiger charge is 2.47. The molecule has 7 N–H and O–H groups in total. The molecule has 0 saturated carbocycles. The van der Waals surface area contributed by atoms with Crippen LogP contribution in [0.2, 0.25) is 0 Å². The number of nitrogens with one attached hydrogen (secondary N) is 2. The zero-order chi connectivity index (χ0) is 18.4. The van der Waals surface area contributed by atoms with E-state index in [4.69, 9.17) is 29.7 Å². The second-order valence-corrected chi connectivity index (χ2v) is 7.08. The molecule has 1 unspecified atom stereocenters. The third-order valence-corrected chi connectivity index (χ3v) is 4.25. The van der Waals surface area contributed by atoms with Crippen LogP contribution in [0.5, 0.6) is 0 Å². The van der Waals surface area contributed by atoms with Gasteiger partial charge in [0.1, 0.15) is 29.3 Å². The molecular weight excluding hydrogens is 359 g/mol. The summed E-state index contributed by atoms with van der Waals surface area (Å²) in [5.41, 5.74) is 5.87. The molecule has 12 nitrogen and oxygen atoms in total. The van der Waals surface area contributed by atoms with Gasteiger partial charge in [-0.05, 0) is 0 Å². The topological polar surface area (TPSA) is 193 Å². The van der Waals surface area contributed by atoms with Gasteiger partial charge in [0.15, 0.2) is 12.6 Å². The molecule has 0 amide bonds. The molecule has 1 fully saturated rings. The standard InChI is InChI=1S/C12H17N4O8P/c1-22-9-7(17)11(23-3-25(19,20)21)24-8(9)4-2-14-6-5(4)15-12(13)16-10(6)18/h2,7-9,11,14,17H,3H2,1H3,(H2,19,20,21)(H3,13,15,16,18)/t7?,8-,9+,11-/m0/s1. The minimum Gasteiger partial charge on any atom is -0.385 e. The number of ether oxygens (including phenoxy) is 3. The molecule has 3 rings (SSSR count). The van der Waals surface area contributed by atoms with Gasteiger partial charge in [0.2, 0.25) is 5.95 Å². The summed E-state index contributed by atoms with van der Waals surface area (Å²) in [6.07, 6.45) is -3.91. The minimum atomic E-state index is -4.44. The number of H-pyrrole nitrogens is 2. The van der Waals surface area contributed by atoms with E-state index < -0.39 is 44.1 Å². The number of aromatic nitrogens is 3. The average Bonchev–Trinajstić information content (AvgIpc) is 3.05. The zero-order valence-electron chi connectivity index (χ0n) is 12.9. The van der Waals surface area contributed by atoms with Crippen LogP contribution >= 0.6 is 7.60 Å². The van der Waals surface area contributed by atoms with E-state index in [9.17, 15) is 14.5 Å². The van der Waals surface area contributed by atoms with Crippen LogP contribution in [0.4, 0.5) is 5.95 Å². The van der Waals surface area contributed by atoms with Gasteiger partial charge in [-0.3, -0.25) is 14.3 Å². The molecule has 13 heteroatoms. The second kappa shape index (κ2) is 6.50. The number of hydrogen-bond donors (Lipinski definition) is 6. The van der Waals surface area contributed by atoms with Gasteiger partial charge in [-0.15, -0.1) is 0 Å². The van der Waals surface area contributed by atoms with Crippen molar-refractivity contribution in [2.45, 2.75) is 24.6 Å². The Labute approximate surface area is 140 Å². The Morgan fingerprint density at radius 2 is 2.20 bits per heavy atom. The van der Waals surface area contributed by atoms with Gasteiger partial charge in [-0.25, -0.2) is 4.98 Å². The van der Waals surface area contributed by atoms with E-state index in [1.54, 1.807) is 0 Å². The lowest BCUT2D eigenvalue weighted by Crippen LogP contribution is -2.33. The molecule has 4 atom stereocenters. The summed E-state index contributed by atoms with van der Waals surface area (Å²) in [4.78, 5) is 38.8. The van der Waals surface area contributed by atoms with Gasteiger partial charge in [-0.2, -0.15) is 0 Å². The van der Waals surface area contributed by atoms with Crippen LogP contribution in [0, 0.1) is 0 Å². The summed E-state index contributed by atoms with van der Waals surface area (Å²) in [7, 11) is -3.11. The first-order valence-electron chi connectivity index (χ1n) is 7.10. The number of rotatable bonds is 5. The van der Waals surface area contributed by atoms with Gasteiger partial charge in [0.25, 0.3) is 5.56 Å². The normalized spacial score (nSPS) is 27.2. The Kier molecular flexibility index (Phi) is 4.68. The SMILES string of the molecule is CO[C@@H]1C(O)[C@@H](OCP(=O)(O)O)O[C@H]1c1c[nH]c2c(=O)[nH]c(N)nc12. The Morgan fingerprint density at radius 1 is 1.48 bits per heavy atom. The van der Waals surface area contributed by atoms with Crippen LogP contribution in [0.3, 0.4) is 0 Å². The number of nitrogens with zero attached hydrogens (tertiary/aromatic N) is 1. The van der Waals surface area contributed by atoms with Gasteiger partial charge >= 0.3 is 7.60 Å². The summed E-state index contributed by atoms with van der Waals surface area (Å²) >= 11 is 0. The Bertz CT molecular complexity index is 876. The predicted octanol–water partition coefficient (Wildman–Crippen LogP) is -1.24. The molecule has 0 bridgehead atoms. The minimum absolute atomic E-state index is 0.0971. The highest BCUT2D eigenvalue weighted by molar-refractivity contribution is 7.51. The number of aliphatic hydroxyl groups excluding tert-OH is 1. The molecule has 2 aromatic rings. The Hall–Kier alpha value is -1.79. The summed E-state index contributed by atoms with van der Waals surface area (Å²) in [6, 6.07) is 0. The van der Waals surface area contributed by atoms with Crippen LogP contribution in [0.15, 0.2) is 11.0 Å². The first-order chi connectivity index (χ1) is 11.7. The Balaban J connectivity index is 1.94. The van der Waals surface area contributed by atoms with Crippen molar-refractivity contribution >= 4 is 24.6 Å². The van der Waals surface area contributed by atoms with Gasteiger partial charge in [0.05, 0.1) is 0 Å². The fourth-order valence-electron chi connectivity index (χ4n) is 2.73. The Morgan fingerprint density at radius 3 is 2.84 bits per heavy atom. The molecule has 0 aromatic carbocycles. The first-order valence-corrected chi connectivity index (χ1v) is 8.90. The van der Waals surface area contributed by atoms with E-state index in [1.807, 2.05) is 0 Å². The van der Waals surface area contributed by atoms with Gasteiger partial charge in [-0.1, -0.05) is 0 Å². The molecule has 3 heterocycles. The second-order valence-electron chi connectivity index (χ2n) is 5.50. The fraction of sp³-hybridized carbons (Fsp3) is 0.500. The van der Waals surface area contributed by atoms with Crippen LogP contribution in [-0.2, 0) is 18.8 Å². The van der Waals surface area contributed by atoms with Crippen molar-refractivity contribution in [1.29, 1.82) is 0 Å². The van der Waals surface area contributed by atoms with E-state index in [0.29, 0.717) is 5.56 Å².